The molecule has 0 aromatic heterocycles. The van der Waals surface area contributed by atoms with Crippen LogP contribution < -0.4 is 5.32 Å². The summed E-state index contributed by atoms with van der Waals surface area (Å²) in [5.74, 6) is -0.629. The third-order valence-electron chi connectivity index (χ3n) is 5.76. The van der Waals surface area contributed by atoms with Crippen LogP contribution in [0.25, 0.3) is 0 Å². The van der Waals surface area contributed by atoms with Crippen molar-refractivity contribution in [3.63, 3.8) is 0 Å². The first-order valence-corrected chi connectivity index (χ1v) is 10.1. The molecule has 0 bridgehead atoms. The zero-order chi connectivity index (χ0) is 21.3. The quantitative estimate of drug-likeness (QED) is 0.783. The standard InChI is InChI=1S/C22H30N2O5/c1-20(2,3)29-19(27)23-21(15-16-9-6-5-7-10-16)12-13-22(18(26)28-4)11-8-14-24(22)17(21)25/h5-7,9-10H,8,11-15H2,1-4H3,(H,23,27)/t21-,22+/m0/s1. The minimum atomic E-state index is -1.16. The fourth-order valence-electron chi connectivity index (χ4n) is 4.49. The van der Waals surface area contributed by atoms with Crippen LogP contribution in [0.15, 0.2) is 30.3 Å². The van der Waals surface area contributed by atoms with Gasteiger partial charge in [-0.2, -0.15) is 0 Å². The van der Waals surface area contributed by atoms with E-state index in [-0.39, 0.29) is 11.9 Å². The lowest BCUT2D eigenvalue weighted by atomic mass is 9.74. The van der Waals surface area contributed by atoms with Crippen LogP contribution in [0.5, 0.6) is 0 Å². The fourth-order valence-corrected chi connectivity index (χ4v) is 4.49. The number of fused-ring (bicyclic) bond motifs is 1. The van der Waals surface area contributed by atoms with E-state index in [1.54, 1.807) is 25.7 Å². The molecule has 2 atom stereocenters. The summed E-state index contributed by atoms with van der Waals surface area (Å²) >= 11 is 0. The lowest BCUT2D eigenvalue weighted by Gasteiger charge is -2.48. The first kappa shape index (κ1) is 21.1. The van der Waals surface area contributed by atoms with Crippen molar-refractivity contribution in [2.75, 3.05) is 13.7 Å². The first-order valence-electron chi connectivity index (χ1n) is 10.1. The number of benzene rings is 1. The van der Waals surface area contributed by atoms with Crippen molar-refractivity contribution < 1.29 is 23.9 Å². The molecule has 7 nitrogen and oxygen atoms in total. The number of methoxy groups -OCH3 is 1. The van der Waals surface area contributed by atoms with Gasteiger partial charge in [-0.25, -0.2) is 9.59 Å². The van der Waals surface area contributed by atoms with Gasteiger partial charge in [0.1, 0.15) is 16.7 Å². The summed E-state index contributed by atoms with van der Waals surface area (Å²) in [6.45, 7) is 5.81. The van der Waals surface area contributed by atoms with Crippen molar-refractivity contribution in [1.82, 2.24) is 10.2 Å². The summed E-state index contributed by atoms with van der Waals surface area (Å²) < 4.78 is 10.5. The highest BCUT2D eigenvalue weighted by Gasteiger charge is 2.60. The SMILES string of the molecule is COC(=O)[C@]12CCCN1C(=O)[C@](Cc1ccccc1)(NC(=O)OC(C)(C)C)CC2. The summed E-state index contributed by atoms with van der Waals surface area (Å²) in [6, 6.07) is 9.57. The van der Waals surface area contributed by atoms with Gasteiger partial charge in [0.05, 0.1) is 7.11 Å². The molecule has 2 aliphatic rings. The summed E-state index contributed by atoms with van der Waals surface area (Å²) in [5, 5.41) is 2.87. The van der Waals surface area contributed by atoms with Crippen LogP contribution in [-0.4, -0.2) is 53.2 Å². The van der Waals surface area contributed by atoms with Gasteiger partial charge in [-0.1, -0.05) is 30.3 Å². The minimum absolute atomic E-state index is 0.249. The van der Waals surface area contributed by atoms with Crippen LogP contribution in [0.2, 0.25) is 0 Å². The largest absolute Gasteiger partial charge is 0.467 e. The van der Waals surface area contributed by atoms with Crippen LogP contribution in [0.1, 0.15) is 52.0 Å². The molecule has 1 N–H and O–H groups in total. The van der Waals surface area contributed by atoms with Crippen molar-refractivity contribution in [2.24, 2.45) is 0 Å². The van der Waals surface area contributed by atoms with Crippen LogP contribution in [-0.2, 0) is 25.5 Å². The number of hydrogen-bond donors (Lipinski definition) is 1. The molecular formula is C22H30N2O5. The van der Waals surface area contributed by atoms with E-state index in [0.29, 0.717) is 32.2 Å². The fraction of sp³-hybridized carbons (Fsp3) is 0.591. The number of hydrogen-bond acceptors (Lipinski definition) is 5. The maximum Gasteiger partial charge on any atom is 0.408 e. The zero-order valence-electron chi connectivity index (χ0n) is 17.6. The molecule has 158 valence electrons. The second-order valence-electron chi connectivity index (χ2n) is 8.95. The third-order valence-corrected chi connectivity index (χ3v) is 5.76. The summed E-state index contributed by atoms with van der Waals surface area (Å²) in [5.41, 5.74) is -1.84. The Kier molecular flexibility index (Phi) is 5.61. The Morgan fingerprint density at radius 2 is 1.83 bits per heavy atom. The molecule has 2 saturated heterocycles. The van der Waals surface area contributed by atoms with E-state index in [0.717, 1.165) is 12.0 Å². The Balaban J connectivity index is 1.94. The van der Waals surface area contributed by atoms with Gasteiger partial charge in [0.2, 0.25) is 5.91 Å². The van der Waals surface area contributed by atoms with Crippen molar-refractivity contribution in [1.29, 1.82) is 0 Å². The summed E-state index contributed by atoms with van der Waals surface area (Å²) in [6.07, 6.45) is 1.79. The minimum Gasteiger partial charge on any atom is -0.467 e. The van der Waals surface area contributed by atoms with Gasteiger partial charge in [-0.3, -0.25) is 4.79 Å². The van der Waals surface area contributed by atoms with Crippen LogP contribution in [0.3, 0.4) is 0 Å². The van der Waals surface area contributed by atoms with Crippen molar-refractivity contribution in [2.45, 2.75) is 69.6 Å². The van der Waals surface area contributed by atoms with Crippen molar-refractivity contribution in [3.8, 4) is 0 Å². The maximum atomic E-state index is 13.7. The lowest BCUT2D eigenvalue weighted by molar-refractivity contribution is -0.167. The maximum absolute atomic E-state index is 13.7. The highest BCUT2D eigenvalue weighted by atomic mass is 16.6. The van der Waals surface area contributed by atoms with Gasteiger partial charge in [-0.15, -0.1) is 0 Å². The molecule has 7 heteroatoms. The molecule has 29 heavy (non-hydrogen) atoms. The average molecular weight is 402 g/mol. The van der Waals surface area contributed by atoms with E-state index in [1.165, 1.54) is 7.11 Å². The van der Waals surface area contributed by atoms with Gasteiger partial charge in [0.15, 0.2) is 0 Å². The van der Waals surface area contributed by atoms with E-state index in [9.17, 15) is 14.4 Å². The van der Waals surface area contributed by atoms with E-state index in [1.807, 2.05) is 30.3 Å². The molecule has 2 heterocycles. The number of rotatable bonds is 4. The highest BCUT2D eigenvalue weighted by Crippen LogP contribution is 2.43. The molecule has 1 aromatic rings. The Hall–Kier alpha value is -2.57. The number of piperidine rings is 1. The average Bonchev–Trinajstić information content (AvgIpc) is 3.09. The Labute approximate surface area is 171 Å². The van der Waals surface area contributed by atoms with Gasteiger partial charge in [0, 0.05) is 13.0 Å². The number of carbonyl (C=O) groups is 3. The normalized spacial score (nSPS) is 26.6. The molecule has 0 radical (unpaired) electrons. The second kappa shape index (κ2) is 7.69. The lowest BCUT2D eigenvalue weighted by Crippen LogP contribution is -2.70. The van der Waals surface area contributed by atoms with E-state index in [4.69, 9.17) is 9.47 Å². The Bertz CT molecular complexity index is 788. The molecule has 3 rings (SSSR count). The molecule has 0 aliphatic carbocycles. The van der Waals surface area contributed by atoms with Crippen molar-refractivity contribution in [3.05, 3.63) is 35.9 Å². The summed E-state index contributed by atoms with van der Waals surface area (Å²) in [7, 11) is 1.35. The number of esters is 1. The predicted molar refractivity (Wildman–Crippen MR) is 107 cm³/mol. The van der Waals surface area contributed by atoms with Crippen molar-refractivity contribution >= 4 is 18.0 Å². The number of ether oxygens (including phenoxy) is 2. The molecule has 0 spiro atoms. The number of amides is 2. The van der Waals surface area contributed by atoms with Gasteiger partial charge < -0.3 is 19.7 Å². The predicted octanol–water partition coefficient (Wildman–Crippen LogP) is 2.82. The zero-order valence-corrected chi connectivity index (χ0v) is 17.6. The van der Waals surface area contributed by atoms with Crippen LogP contribution in [0.4, 0.5) is 4.79 Å². The highest BCUT2D eigenvalue weighted by molar-refractivity contribution is 5.97. The Morgan fingerprint density at radius 1 is 1.14 bits per heavy atom. The van der Waals surface area contributed by atoms with Crippen LogP contribution in [0, 0.1) is 0 Å². The van der Waals surface area contributed by atoms with E-state index in [2.05, 4.69) is 5.32 Å². The molecule has 1 aromatic carbocycles. The van der Waals surface area contributed by atoms with Gasteiger partial charge in [0.25, 0.3) is 0 Å². The Morgan fingerprint density at radius 3 is 2.45 bits per heavy atom. The van der Waals surface area contributed by atoms with Crippen LogP contribution >= 0.6 is 0 Å². The topological polar surface area (TPSA) is 84.9 Å². The number of nitrogens with one attached hydrogen (secondary N) is 1. The van der Waals surface area contributed by atoms with E-state index >= 15 is 0 Å². The molecule has 0 unspecified atom stereocenters. The third kappa shape index (κ3) is 4.09. The number of alkyl carbamates (subject to hydrolysis) is 1. The van der Waals surface area contributed by atoms with E-state index < -0.39 is 22.8 Å². The second-order valence-corrected chi connectivity index (χ2v) is 8.95. The monoisotopic (exact) mass is 402 g/mol. The molecule has 0 saturated carbocycles. The summed E-state index contributed by atoms with van der Waals surface area (Å²) in [4.78, 5) is 40.5. The smallest absolute Gasteiger partial charge is 0.408 e. The van der Waals surface area contributed by atoms with Gasteiger partial charge >= 0.3 is 12.1 Å². The molecule has 2 aliphatic heterocycles. The number of carbonyl (C=O) groups excluding carboxylic acids is 3. The number of nitrogens with zero attached hydrogens (tertiary/aromatic N) is 1. The van der Waals surface area contributed by atoms with Gasteiger partial charge in [-0.05, 0) is 52.0 Å². The molecule has 2 amide bonds. The molecule has 2 fully saturated rings. The first-order chi connectivity index (χ1) is 13.6. The molecular weight excluding hydrogens is 372 g/mol.